The van der Waals surface area contributed by atoms with Crippen LogP contribution in [0.1, 0.15) is 24.8 Å². The van der Waals surface area contributed by atoms with Crippen LogP contribution in [0.3, 0.4) is 0 Å². The molecule has 0 saturated heterocycles. The number of benzene rings is 1. The van der Waals surface area contributed by atoms with Crippen LogP contribution in [0.4, 0.5) is 11.4 Å². The van der Waals surface area contributed by atoms with E-state index in [1.165, 1.54) is 6.07 Å². The number of rotatable bonds is 4. The quantitative estimate of drug-likeness (QED) is 0.513. The lowest BCUT2D eigenvalue weighted by molar-refractivity contribution is -0.385. The van der Waals surface area contributed by atoms with E-state index in [0.717, 1.165) is 12.8 Å². The van der Waals surface area contributed by atoms with Gasteiger partial charge in [-0.05, 0) is 31.7 Å². The minimum Gasteiger partial charge on any atom is -0.326 e. The zero-order valence-corrected chi connectivity index (χ0v) is 10.8. The molecule has 0 radical (unpaired) electrons. The second kappa shape index (κ2) is 5.65. The first-order chi connectivity index (χ1) is 9.06. The van der Waals surface area contributed by atoms with Crippen molar-refractivity contribution < 1.29 is 9.72 Å². The summed E-state index contributed by atoms with van der Waals surface area (Å²) >= 11 is 0. The molecule has 1 aromatic carbocycles. The van der Waals surface area contributed by atoms with E-state index in [0.29, 0.717) is 23.6 Å². The summed E-state index contributed by atoms with van der Waals surface area (Å²) in [5.41, 5.74) is 1.09. The van der Waals surface area contributed by atoms with E-state index in [2.05, 4.69) is 17.5 Å². The summed E-state index contributed by atoms with van der Waals surface area (Å²) < 4.78 is 0. The van der Waals surface area contributed by atoms with Crippen LogP contribution in [-0.4, -0.2) is 10.8 Å². The van der Waals surface area contributed by atoms with E-state index in [1.807, 2.05) is 0 Å². The number of nitrogens with one attached hydrogen (secondary N) is 1. The van der Waals surface area contributed by atoms with Gasteiger partial charge in [0.25, 0.3) is 5.69 Å². The van der Waals surface area contributed by atoms with Crippen LogP contribution >= 0.6 is 0 Å². The minimum atomic E-state index is -0.440. The second-order valence-corrected chi connectivity index (χ2v) is 4.78. The van der Waals surface area contributed by atoms with Crippen molar-refractivity contribution in [2.75, 3.05) is 5.32 Å². The standard InChI is InChI=1S/C14H16N2O3/c1-10-6-7-12(9-13(10)16(18)19)15-14(17)8-11-4-2-3-5-11/h2,4,6-7,9,11H,3,5,8H2,1H3,(H,15,17). The third-order valence-corrected chi connectivity index (χ3v) is 3.25. The molecule has 100 valence electrons. The van der Waals surface area contributed by atoms with Crippen LogP contribution < -0.4 is 5.32 Å². The first-order valence-corrected chi connectivity index (χ1v) is 6.28. The van der Waals surface area contributed by atoms with E-state index < -0.39 is 4.92 Å². The second-order valence-electron chi connectivity index (χ2n) is 4.78. The average Bonchev–Trinajstić information content (AvgIpc) is 2.84. The molecule has 0 saturated carbocycles. The zero-order chi connectivity index (χ0) is 13.8. The van der Waals surface area contributed by atoms with Gasteiger partial charge in [-0.1, -0.05) is 18.2 Å². The third kappa shape index (κ3) is 3.40. The monoisotopic (exact) mass is 260 g/mol. The Bertz CT molecular complexity index is 537. The molecule has 0 bridgehead atoms. The van der Waals surface area contributed by atoms with E-state index in [-0.39, 0.29) is 11.6 Å². The average molecular weight is 260 g/mol. The van der Waals surface area contributed by atoms with Gasteiger partial charge in [-0.15, -0.1) is 0 Å². The van der Waals surface area contributed by atoms with E-state index in [1.54, 1.807) is 19.1 Å². The maximum absolute atomic E-state index is 11.8. The molecular weight excluding hydrogens is 244 g/mol. The van der Waals surface area contributed by atoms with Crippen LogP contribution in [-0.2, 0) is 4.79 Å². The number of nitrogens with zero attached hydrogens (tertiary/aromatic N) is 1. The first-order valence-electron chi connectivity index (χ1n) is 6.28. The SMILES string of the molecule is Cc1ccc(NC(=O)CC2C=CCC2)cc1[N+](=O)[O-]. The topological polar surface area (TPSA) is 72.2 Å². The van der Waals surface area contributed by atoms with Crippen molar-refractivity contribution in [2.24, 2.45) is 5.92 Å². The van der Waals surface area contributed by atoms with Gasteiger partial charge in [0, 0.05) is 23.7 Å². The van der Waals surface area contributed by atoms with Crippen molar-refractivity contribution in [3.05, 3.63) is 46.0 Å². The van der Waals surface area contributed by atoms with Crippen molar-refractivity contribution >= 4 is 17.3 Å². The Balaban J connectivity index is 2.02. The van der Waals surface area contributed by atoms with Crippen LogP contribution in [0.5, 0.6) is 0 Å². The summed E-state index contributed by atoms with van der Waals surface area (Å²) in [6, 6.07) is 4.73. The molecule has 1 unspecified atom stereocenters. The Morgan fingerprint density at radius 1 is 1.53 bits per heavy atom. The summed E-state index contributed by atoms with van der Waals surface area (Å²) in [7, 11) is 0. The number of carbonyl (C=O) groups is 1. The van der Waals surface area contributed by atoms with Crippen LogP contribution in [0.15, 0.2) is 30.4 Å². The van der Waals surface area contributed by atoms with Gasteiger partial charge in [0.1, 0.15) is 0 Å². The third-order valence-electron chi connectivity index (χ3n) is 3.25. The van der Waals surface area contributed by atoms with Crippen LogP contribution in [0, 0.1) is 23.0 Å². The molecule has 0 aromatic heterocycles. The number of aryl methyl sites for hydroxylation is 1. The Kier molecular flexibility index (Phi) is 3.94. The number of allylic oxidation sites excluding steroid dienone is 2. The lowest BCUT2D eigenvalue weighted by Crippen LogP contribution is -2.14. The molecule has 1 aliphatic carbocycles. The number of anilines is 1. The zero-order valence-electron chi connectivity index (χ0n) is 10.8. The highest BCUT2D eigenvalue weighted by Gasteiger charge is 2.16. The van der Waals surface area contributed by atoms with Crippen molar-refractivity contribution in [3.63, 3.8) is 0 Å². The fourth-order valence-electron chi connectivity index (χ4n) is 2.20. The Labute approximate surface area is 111 Å². The maximum Gasteiger partial charge on any atom is 0.274 e. The van der Waals surface area contributed by atoms with E-state index in [4.69, 9.17) is 0 Å². The number of amides is 1. The van der Waals surface area contributed by atoms with Crippen molar-refractivity contribution in [1.29, 1.82) is 0 Å². The Morgan fingerprint density at radius 3 is 2.95 bits per heavy atom. The molecule has 0 aliphatic heterocycles. The van der Waals surface area contributed by atoms with Gasteiger partial charge in [-0.2, -0.15) is 0 Å². The molecule has 0 spiro atoms. The molecule has 0 heterocycles. The molecule has 1 atom stereocenters. The van der Waals surface area contributed by atoms with Crippen LogP contribution in [0.25, 0.3) is 0 Å². The van der Waals surface area contributed by atoms with Gasteiger partial charge in [0.05, 0.1) is 4.92 Å². The summed E-state index contributed by atoms with van der Waals surface area (Å²) in [4.78, 5) is 22.2. The van der Waals surface area contributed by atoms with Crippen molar-refractivity contribution in [1.82, 2.24) is 0 Å². The highest BCUT2D eigenvalue weighted by molar-refractivity contribution is 5.91. The molecule has 19 heavy (non-hydrogen) atoms. The largest absolute Gasteiger partial charge is 0.326 e. The molecule has 1 amide bonds. The normalized spacial score (nSPS) is 17.4. The van der Waals surface area contributed by atoms with Gasteiger partial charge in [-0.3, -0.25) is 14.9 Å². The van der Waals surface area contributed by atoms with Gasteiger partial charge in [0.15, 0.2) is 0 Å². The predicted octanol–water partition coefficient (Wildman–Crippen LogP) is 3.20. The van der Waals surface area contributed by atoms with Crippen LogP contribution in [0.2, 0.25) is 0 Å². The van der Waals surface area contributed by atoms with Gasteiger partial charge in [-0.25, -0.2) is 0 Å². The van der Waals surface area contributed by atoms with E-state index in [9.17, 15) is 14.9 Å². The molecule has 1 aliphatic rings. The van der Waals surface area contributed by atoms with Gasteiger partial charge in [0.2, 0.25) is 5.91 Å². The number of carbonyl (C=O) groups excluding carboxylic acids is 1. The minimum absolute atomic E-state index is 0.0264. The molecule has 1 aromatic rings. The molecular formula is C14H16N2O3. The summed E-state index contributed by atoms with van der Waals surface area (Å²) in [6.07, 6.45) is 6.58. The number of nitro groups is 1. The molecule has 1 N–H and O–H groups in total. The molecule has 0 fully saturated rings. The highest BCUT2D eigenvalue weighted by atomic mass is 16.6. The van der Waals surface area contributed by atoms with E-state index >= 15 is 0 Å². The Morgan fingerprint density at radius 2 is 2.32 bits per heavy atom. The Hall–Kier alpha value is -2.17. The number of hydrogen-bond donors (Lipinski definition) is 1. The molecule has 5 nitrogen and oxygen atoms in total. The lowest BCUT2D eigenvalue weighted by atomic mass is 10.0. The predicted molar refractivity (Wildman–Crippen MR) is 72.9 cm³/mol. The summed E-state index contributed by atoms with van der Waals surface area (Å²) in [6.45, 7) is 1.67. The summed E-state index contributed by atoms with van der Waals surface area (Å²) in [5.74, 6) is 0.190. The molecule has 2 rings (SSSR count). The van der Waals surface area contributed by atoms with Gasteiger partial charge < -0.3 is 5.32 Å². The fourth-order valence-corrected chi connectivity index (χ4v) is 2.20. The summed E-state index contributed by atoms with van der Waals surface area (Å²) in [5, 5.41) is 13.5. The smallest absolute Gasteiger partial charge is 0.274 e. The fraction of sp³-hybridized carbons (Fsp3) is 0.357. The lowest BCUT2D eigenvalue weighted by Gasteiger charge is -2.09. The van der Waals surface area contributed by atoms with Crippen molar-refractivity contribution in [2.45, 2.75) is 26.2 Å². The highest BCUT2D eigenvalue weighted by Crippen LogP contribution is 2.24. The number of nitro benzene ring substituents is 1. The molecule has 5 heteroatoms. The number of hydrogen-bond acceptors (Lipinski definition) is 3. The van der Waals surface area contributed by atoms with Gasteiger partial charge >= 0.3 is 0 Å². The van der Waals surface area contributed by atoms with Crippen molar-refractivity contribution in [3.8, 4) is 0 Å². The first kappa shape index (κ1) is 13.3. The maximum atomic E-state index is 11.8.